The van der Waals surface area contributed by atoms with Gasteiger partial charge < -0.3 is 4.74 Å². The molecule has 0 saturated heterocycles. The zero-order valence-corrected chi connectivity index (χ0v) is 10.2. The predicted molar refractivity (Wildman–Crippen MR) is 66.1 cm³/mol. The highest BCUT2D eigenvalue weighted by Crippen LogP contribution is 2.26. The van der Waals surface area contributed by atoms with Crippen LogP contribution < -0.4 is 16.0 Å². The van der Waals surface area contributed by atoms with E-state index >= 15 is 0 Å². The number of halogens is 2. The van der Waals surface area contributed by atoms with Crippen LogP contribution in [0.3, 0.4) is 0 Å². The third-order valence-corrected chi connectivity index (χ3v) is 2.61. The highest BCUT2D eigenvalue weighted by Gasteiger charge is 2.09. The van der Waals surface area contributed by atoms with Crippen LogP contribution in [0.15, 0.2) is 24.4 Å². The smallest absolute Gasteiger partial charge is 0.260 e. The molecule has 1 heterocycles. The van der Waals surface area contributed by atoms with Crippen molar-refractivity contribution in [2.24, 2.45) is 5.84 Å². The minimum Gasteiger partial charge on any atom is -0.436 e. The Kier molecular flexibility index (Phi) is 3.59. The number of hydrogen-bond donors (Lipinski definition) is 2. The largest absolute Gasteiger partial charge is 0.436 e. The lowest BCUT2D eigenvalue weighted by molar-refractivity contribution is 0.420. The lowest BCUT2D eigenvalue weighted by atomic mass is 10.2. The van der Waals surface area contributed by atoms with Gasteiger partial charge in [0.2, 0.25) is 11.8 Å². The molecule has 5 nitrogen and oxygen atoms in total. The Bertz CT molecular complexity index is 579. The Balaban J connectivity index is 2.30. The first-order chi connectivity index (χ1) is 8.60. The van der Waals surface area contributed by atoms with Crippen LogP contribution in [0.2, 0.25) is 5.02 Å². The maximum Gasteiger partial charge on any atom is 0.260 e. The Labute approximate surface area is 108 Å². The van der Waals surface area contributed by atoms with Crippen LogP contribution in [-0.4, -0.2) is 9.97 Å². The number of nitrogens with one attached hydrogen (secondary N) is 1. The summed E-state index contributed by atoms with van der Waals surface area (Å²) < 4.78 is 18.7. The Morgan fingerprint density at radius 3 is 2.89 bits per heavy atom. The highest BCUT2D eigenvalue weighted by atomic mass is 35.5. The molecule has 94 valence electrons. The van der Waals surface area contributed by atoms with E-state index in [4.69, 9.17) is 22.2 Å². The van der Waals surface area contributed by atoms with Gasteiger partial charge in [0, 0.05) is 5.02 Å². The SMILES string of the molecule is Cc1cc(Oc2nc(NN)ncc2F)ccc1Cl. The van der Waals surface area contributed by atoms with Crippen molar-refractivity contribution in [3.05, 3.63) is 40.8 Å². The first-order valence-corrected chi connectivity index (χ1v) is 5.41. The molecule has 0 spiro atoms. The number of nitrogen functional groups attached to an aromatic ring is 1. The van der Waals surface area contributed by atoms with Crippen LogP contribution in [0.1, 0.15) is 5.56 Å². The summed E-state index contributed by atoms with van der Waals surface area (Å²) >= 11 is 5.88. The van der Waals surface area contributed by atoms with E-state index in [2.05, 4.69) is 15.4 Å². The van der Waals surface area contributed by atoms with Gasteiger partial charge in [-0.2, -0.15) is 9.37 Å². The third-order valence-electron chi connectivity index (χ3n) is 2.18. The van der Waals surface area contributed by atoms with Gasteiger partial charge in [0.15, 0.2) is 0 Å². The van der Waals surface area contributed by atoms with E-state index in [-0.39, 0.29) is 11.8 Å². The van der Waals surface area contributed by atoms with Crippen LogP contribution in [0.25, 0.3) is 0 Å². The number of anilines is 1. The number of nitrogens with zero attached hydrogens (tertiary/aromatic N) is 2. The van der Waals surface area contributed by atoms with Crippen LogP contribution in [0.5, 0.6) is 11.6 Å². The zero-order valence-electron chi connectivity index (χ0n) is 9.45. The van der Waals surface area contributed by atoms with Crippen LogP contribution in [0.4, 0.5) is 10.3 Å². The molecule has 2 aromatic rings. The molecule has 0 fully saturated rings. The summed E-state index contributed by atoms with van der Waals surface area (Å²) in [6, 6.07) is 4.96. The molecular formula is C11H10ClFN4O. The number of aryl methyl sites for hydroxylation is 1. The number of nitrogens with two attached hydrogens (primary N) is 1. The fourth-order valence-electron chi connectivity index (χ4n) is 1.28. The van der Waals surface area contributed by atoms with Gasteiger partial charge in [-0.25, -0.2) is 10.8 Å². The fourth-order valence-corrected chi connectivity index (χ4v) is 1.40. The van der Waals surface area contributed by atoms with Gasteiger partial charge in [0.25, 0.3) is 5.88 Å². The average molecular weight is 269 g/mol. The molecule has 0 amide bonds. The van der Waals surface area contributed by atoms with E-state index in [9.17, 15) is 4.39 Å². The van der Waals surface area contributed by atoms with Gasteiger partial charge >= 0.3 is 0 Å². The number of ether oxygens (including phenoxy) is 1. The van der Waals surface area contributed by atoms with Crippen molar-refractivity contribution in [2.75, 3.05) is 5.43 Å². The summed E-state index contributed by atoms with van der Waals surface area (Å²) in [6.45, 7) is 1.82. The van der Waals surface area contributed by atoms with E-state index in [1.54, 1.807) is 18.2 Å². The molecule has 1 aromatic heterocycles. The number of hydrogen-bond acceptors (Lipinski definition) is 5. The molecule has 0 aliphatic carbocycles. The van der Waals surface area contributed by atoms with Crippen molar-refractivity contribution in [3.63, 3.8) is 0 Å². The topological polar surface area (TPSA) is 73.1 Å². The maximum absolute atomic E-state index is 13.4. The molecule has 2 rings (SSSR count). The van der Waals surface area contributed by atoms with Gasteiger partial charge in [0.1, 0.15) is 5.75 Å². The molecule has 0 atom stereocenters. The van der Waals surface area contributed by atoms with Crippen LogP contribution in [-0.2, 0) is 0 Å². The van der Waals surface area contributed by atoms with Crippen molar-refractivity contribution in [3.8, 4) is 11.6 Å². The van der Waals surface area contributed by atoms with E-state index in [1.165, 1.54) is 0 Å². The van der Waals surface area contributed by atoms with Crippen molar-refractivity contribution in [2.45, 2.75) is 6.92 Å². The summed E-state index contributed by atoms with van der Waals surface area (Å²) in [7, 11) is 0. The maximum atomic E-state index is 13.4. The normalized spacial score (nSPS) is 10.2. The van der Waals surface area contributed by atoms with Crippen molar-refractivity contribution < 1.29 is 9.13 Å². The summed E-state index contributed by atoms with van der Waals surface area (Å²) in [5.74, 6) is 4.74. The van der Waals surface area contributed by atoms with Crippen LogP contribution in [0, 0.1) is 12.7 Å². The molecule has 7 heteroatoms. The quantitative estimate of drug-likeness (QED) is 0.661. The lowest BCUT2D eigenvalue weighted by Crippen LogP contribution is -2.11. The van der Waals surface area contributed by atoms with Crippen molar-refractivity contribution >= 4 is 17.5 Å². The van der Waals surface area contributed by atoms with Gasteiger partial charge in [-0.3, -0.25) is 5.43 Å². The summed E-state index contributed by atoms with van der Waals surface area (Å²) in [5, 5.41) is 0.606. The molecule has 0 radical (unpaired) electrons. The van der Waals surface area contributed by atoms with Gasteiger partial charge in [-0.05, 0) is 30.7 Å². The molecule has 0 aliphatic rings. The Morgan fingerprint density at radius 2 is 2.22 bits per heavy atom. The molecule has 18 heavy (non-hydrogen) atoms. The second kappa shape index (κ2) is 5.16. The molecule has 0 bridgehead atoms. The predicted octanol–water partition coefficient (Wildman–Crippen LogP) is 2.66. The second-order valence-electron chi connectivity index (χ2n) is 3.50. The minimum absolute atomic E-state index is 0.0667. The summed E-state index contributed by atoms with van der Waals surface area (Å²) in [4.78, 5) is 7.37. The molecule has 0 unspecified atom stereocenters. The summed E-state index contributed by atoms with van der Waals surface area (Å²) in [6.07, 6.45) is 0.973. The second-order valence-corrected chi connectivity index (χ2v) is 3.91. The Hall–Kier alpha value is -1.92. The zero-order chi connectivity index (χ0) is 13.1. The van der Waals surface area contributed by atoms with E-state index in [0.717, 1.165) is 11.8 Å². The van der Waals surface area contributed by atoms with Gasteiger partial charge in [-0.1, -0.05) is 11.6 Å². The molecule has 1 aromatic carbocycles. The minimum atomic E-state index is -0.679. The lowest BCUT2D eigenvalue weighted by Gasteiger charge is -2.08. The van der Waals surface area contributed by atoms with E-state index in [1.807, 2.05) is 6.92 Å². The standard InChI is InChI=1S/C11H10ClFN4O/c1-6-4-7(2-3-8(6)12)18-10-9(13)5-15-11(16-10)17-14/h2-5H,14H2,1H3,(H,15,16,17). The summed E-state index contributed by atoms with van der Waals surface area (Å²) in [5.41, 5.74) is 3.03. The molecule has 0 saturated carbocycles. The number of hydrazine groups is 1. The number of benzene rings is 1. The van der Waals surface area contributed by atoms with E-state index in [0.29, 0.717) is 10.8 Å². The molecular weight excluding hydrogens is 259 g/mol. The molecule has 0 aliphatic heterocycles. The van der Waals surface area contributed by atoms with Gasteiger partial charge in [0.05, 0.1) is 6.20 Å². The van der Waals surface area contributed by atoms with Crippen molar-refractivity contribution in [1.82, 2.24) is 9.97 Å². The van der Waals surface area contributed by atoms with E-state index < -0.39 is 5.82 Å². The number of aromatic nitrogens is 2. The van der Waals surface area contributed by atoms with Gasteiger partial charge in [-0.15, -0.1) is 0 Å². The first kappa shape index (κ1) is 12.5. The monoisotopic (exact) mass is 268 g/mol. The third kappa shape index (κ3) is 2.66. The highest BCUT2D eigenvalue weighted by molar-refractivity contribution is 6.31. The molecule has 3 N–H and O–H groups in total. The average Bonchev–Trinajstić information content (AvgIpc) is 2.36. The van der Waals surface area contributed by atoms with Crippen molar-refractivity contribution in [1.29, 1.82) is 0 Å². The number of rotatable bonds is 3. The Morgan fingerprint density at radius 1 is 1.44 bits per heavy atom. The fraction of sp³-hybridized carbons (Fsp3) is 0.0909. The van der Waals surface area contributed by atoms with Crippen LogP contribution >= 0.6 is 11.6 Å². The first-order valence-electron chi connectivity index (χ1n) is 5.03.